The number of fused-ring (bicyclic) bond motifs is 1. The van der Waals surface area contributed by atoms with Gasteiger partial charge in [-0.2, -0.15) is 5.10 Å². The van der Waals surface area contributed by atoms with Crippen molar-refractivity contribution in [2.45, 2.75) is 20.8 Å². The largest absolute Gasteiger partial charge is 0.338 e. The second kappa shape index (κ2) is 5.64. The van der Waals surface area contributed by atoms with E-state index < -0.39 is 0 Å². The van der Waals surface area contributed by atoms with Crippen LogP contribution < -0.4 is 5.32 Å². The van der Waals surface area contributed by atoms with Crippen LogP contribution in [0.3, 0.4) is 0 Å². The van der Waals surface area contributed by atoms with E-state index in [0.717, 1.165) is 28.6 Å². The van der Waals surface area contributed by atoms with Gasteiger partial charge in [-0.3, -0.25) is 9.59 Å². The van der Waals surface area contributed by atoms with E-state index in [1.54, 1.807) is 22.8 Å². The van der Waals surface area contributed by atoms with Crippen molar-refractivity contribution in [2.75, 3.05) is 5.32 Å². The number of nitrogens with one attached hydrogen (secondary N) is 1. The summed E-state index contributed by atoms with van der Waals surface area (Å²) in [4.78, 5) is 27.0. The quantitative estimate of drug-likeness (QED) is 0.592. The number of benzene rings is 1. The second-order valence-electron chi connectivity index (χ2n) is 5.44. The van der Waals surface area contributed by atoms with Crippen LogP contribution in [0.2, 0.25) is 0 Å². The molecule has 0 saturated carbocycles. The molecule has 0 unspecified atom stereocenters. The number of aryl methyl sites for hydroxylation is 2. The SMILES string of the molecule is CC(=O)c1ccc(C)c(Nc2ncnn3cc(C=O)c(C)c23)c1. The summed E-state index contributed by atoms with van der Waals surface area (Å²) in [7, 11) is 0. The molecule has 0 bridgehead atoms. The number of aldehydes is 1. The number of hydrogen-bond acceptors (Lipinski definition) is 5. The number of aromatic nitrogens is 3. The highest BCUT2D eigenvalue weighted by Crippen LogP contribution is 2.26. The number of hydrogen-bond donors (Lipinski definition) is 1. The molecule has 0 aliphatic heterocycles. The van der Waals surface area contributed by atoms with E-state index in [-0.39, 0.29) is 5.78 Å². The van der Waals surface area contributed by atoms with E-state index in [9.17, 15) is 9.59 Å². The zero-order valence-electron chi connectivity index (χ0n) is 13.1. The van der Waals surface area contributed by atoms with Gasteiger partial charge in [-0.15, -0.1) is 0 Å². The predicted octanol–water partition coefficient (Wildman–Crippen LogP) is 3.10. The highest BCUT2D eigenvalue weighted by atomic mass is 16.1. The van der Waals surface area contributed by atoms with Gasteiger partial charge in [0.05, 0.1) is 0 Å². The average molecular weight is 308 g/mol. The van der Waals surface area contributed by atoms with Crippen molar-refractivity contribution in [3.8, 4) is 0 Å². The first-order chi connectivity index (χ1) is 11.0. The first-order valence-electron chi connectivity index (χ1n) is 7.18. The summed E-state index contributed by atoms with van der Waals surface area (Å²) in [5, 5.41) is 7.38. The summed E-state index contributed by atoms with van der Waals surface area (Å²) >= 11 is 0. The molecule has 0 spiro atoms. The van der Waals surface area contributed by atoms with Crippen molar-refractivity contribution in [1.82, 2.24) is 14.6 Å². The van der Waals surface area contributed by atoms with Gasteiger partial charge in [0.1, 0.15) is 11.8 Å². The van der Waals surface area contributed by atoms with Crippen molar-refractivity contribution in [1.29, 1.82) is 0 Å². The van der Waals surface area contributed by atoms with Crippen LogP contribution in [0.4, 0.5) is 11.5 Å². The van der Waals surface area contributed by atoms with Crippen LogP contribution in [-0.4, -0.2) is 26.7 Å². The van der Waals surface area contributed by atoms with E-state index >= 15 is 0 Å². The van der Waals surface area contributed by atoms with Crippen LogP contribution in [0.25, 0.3) is 5.52 Å². The number of Topliss-reactive ketones (excluding diaryl/α,β-unsaturated/α-hetero) is 1. The molecule has 0 radical (unpaired) electrons. The summed E-state index contributed by atoms with van der Waals surface area (Å²) in [5.41, 5.74) is 4.54. The Hall–Kier alpha value is -3.02. The highest BCUT2D eigenvalue weighted by Gasteiger charge is 2.13. The van der Waals surface area contributed by atoms with Crippen molar-refractivity contribution < 1.29 is 9.59 Å². The fraction of sp³-hybridized carbons (Fsp3) is 0.176. The summed E-state index contributed by atoms with van der Waals surface area (Å²) in [5.74, 6) is 0.595. The zero-order chi connectivity index (χ0) is 16.6. The van der Waals surface area contributed by atoms with E-state index in [2.05, 4.69) is 15.4 Å². The maximum absolute atomic E-state index is 11.6. The molecular weight excluding hydrogens is 292 g/mol. The standard InChI is InChI=1S/C17H16N4O2/c1-10-4-5-13(12(3)23)6-15(10)20-17-16-11(2)14(8-22)7-21(16)19-9-18-17/h4-9H,1-3H3,(H,18,19,20). The number of ketones is 1. The molecule has 0 atom stereocenters. The smallest absolute Gasteiger partial charge is 0.159 e. The number of nitrogens with zero attached hydrogens (tertiary/aromatic N) is 3. The molecule has 6 nitrogen and oxygen atoms in total. The lowest BCUT2D eigenvalue weighted by atomic mass is 10.1. The van der Waals surface area contributed by atoms with Crippen LogP contribution in [0.1, 0.15) is 38.8 Å². The summed E-state index contributed by atoms with van der Waals surface area (Å²) < 4.78 is 1.62. The van der Waals surface area contributed by atoms with Crippen LogP contribution >= 0.6 is 0 Å². The van der Waals surface area contributed by atoms with Gasteiger partial charge in [-0.25, -0.2) is 9.50 Å². The van der Waals surface area contributed by atoms with Crippen LogP contribution in [0.5, 0.6) is 0 Å². The molecule has 3 aromatic rings. The van der Waals surface area contributed by atoms with Crippen LogP contribution in [0.15, 0.2) is 30.7 Å². The Morgan fingerprint density at radius 3 is 2.78 bits per heavy atom. The molecule has 0 aliphatic carbocycles. The Morgan fingerprint density at radius 1 is 1.30 bits per heavy atom. The van der Waals surface area contributed by atoms with Gasteiger partial charge in [0.15, 0.2) is 17.9 Å². The molecular formula is C17H16N4O2. The summed E-state index contributed by atoms with van der Waals surface area (Å²) in [6.45, 7) is 5.34. The van der Waals surface area contributed by atoms with Gasteiger partial charge in [-0.05, 0) is 38.0 Å². The van der Waals surface area contributed by atoms with Crippen molar-refractivity contribution in [3.05, 3.63) is 53.0 Å². The molecule has 1 N–H and O–H groups in total. The van der Waals surface area contributed by atoms with Gasteiger partial charge in [-0.1, -0.05) is 12.1 Å². The third-order valence-electron chi connectivity index (χ3n) is 3.89. The second-order valence-corrected chi connectivity index (χ2v) is 5.44. The molecule has 2 aromatic heterocycles. The Kier molecular flexibility index (Phi) is 3.65. The lowest BCUT2D eigenvalue weighted by Gasteiger charge is -2.11. The fourth-order valence-corrected chi connectivity index (χ4v) is 2.49. The fourth-order valence-electron chi connectivity index (χ4n) is 2.49. The first-order valence-corrected chi connectivity index (χ1v) is 7.18. The van der Waals surface area contributed by atoms with E-state index in [1.807, 2.05) is 19.9 Å². The van der Waals surface area contributed by atoms with Gasteiger partial charge in [0.2, 0.25) is 0 Å². The van der Waals surface area contributed by atoms with E-state index in [4.69, 9.17) is 0 Å². The third-order valence-corrected chi connectivity index (χ3v) is 3.89. The van der Waals surface area contributed by atoms with Crippen LogP contribution in [0, 0.1) is 13.8 Å². The third kappa shape index (κ3) is 2.59. The predicted molar refractivity (Wildman–Crippen MR) is 87.6 cm³/mol. The Balaban J connectivity index is 2.12. The zero-order valence-corrected chi connectivity index (χ0v) is 13.1. The van der Waals surface area contributed by atoms with E-state index in [1.165, 1.54) is 13.3 Å². The Bertz CT molecular complexity index is 928. The molecule has 6 heteroatoms. The maximum Gasteiger partial charge on any atom is 0.159 e. The van der Waals surface area contributed by atoms with Crippen LogP contribution in [-0.2, 0) is 0 Å². The minimum absolute atomic E-state index is 0.00277. The molecule has 1 aromatic carbocycles. The van der Waals surface area contributed by atoms with Gasteiger partial charge in [0.25, 0.3) is 0 Å². The van der Waals surface area contributed by atoms with Crippen molar-refractivity contribution in [2.24, 2.45) is 0 Å². The highest BCUT2D eigenvalue weighted by molar-refractivity contribution is 5.95. The normalized spacial score (nSPS) is 10.7. The average Bonchev–Trinajstić information content (AvgIpc) is 2.86. The van der Waals surface area contributed by atoms with Crippen molar-refractivity contribution in [3.63, 3.8) is 0 Å². The van der Waals surface area contributed by atoms with E-state index in [0.29, 0.717) is 16.9 Å². The molecule has 116 valence electrons. The number of carbonyl (C=O) groups is 2. The lowest BCUT2D eigenvalue weighted by Crippen LogP contribution is -2.02. The summed E-state index contributed by atoms with van der Waals surface area (Å²) in [6, 6.07) is 5.49. The Labute approximate surface area is 133 Å². The molecule has 23 heavy (non-hydrogen) atoms. The van der Waals surface area contributed by atoms with Gasteiger partial charge in [0, 0.05) is 23.0 Å². The van der Waals surface area contributed by atoms with Crippen molar-refractivity contribution >= 4 is 29.1 Å². The Morgan fingerprint density at radius 2 is 2.09 bits per heavy atom. The molecule has 3 rings (SSSR count). The maximum atomic E-state index is 11.6. The number of carbonyl (C=O) groups excluding carboxylic acids is 2. The minimum atomic E-state index is 0.00277. The first kappa shape index (κ1) is 14.9. The molecule has 0 amide bonds. The molecule has 0 aliphatic rings. The molecule has 2 heterocycles. The monoisotopic (exact) mass is 308 g/mol. The minimum Gasteiger partial charge on any atom is -0.338 e. The molecule has 0 saturated heterocycles. The molecule has 0 fully saturated rings. The summed E-state index contributed by atoms with van der Waals surface area (Å²) in [6.07, 6.45) is 3.90. The van der Waals surface area contributed by atoms with Gasteiger partial charge >= 0.3 is 0 Å². The number of anilines is 2. The van der Waals surface area contributed by atoms with Gasteiger partial charge < -0.3 is 5.32 Å². The topological polar surface area (TPSA) is 76.4 Å². The number of rotatable bonds is 4. The lowest BCUT2D eigenvalue weighted by molar-refractivity contribution is 0.101.